The predicted octanol–water partition coefficient (Wildman–Crippen LogP) is 1.57. The molecule has 3 saturated carbocycles. The van der Waals surface area contributed by atoms with Crippen molar-refractivity contribution in [3.05, 3.63) is 0 Å². The highest BCUT2D eigenvalue weighted by Gasteiger charge is 2.78. The van der Waals surface area contributed by atoms with Crippen LogP contribution in [0.3, 0.4) is 0 Å². The average Bonchev–Trinajstić information content (AvgIpc) is 2.89. The van der Waals surface area contributed by atoms with Gasteiger partial charge in [-0.15, -0.1) is 0 Å². The van der Waals surface area contributed by atoms with Crippen LogP contribution in [0.2, 0.25) is 0 Å². The molecule has 8 atom stereocenters. The lowest BCUT2D eigenvalue weighted by atomic mass is 9.69. The molecule has 3 nitrogen and oxygen atoms in total. The maximum Gasteiger partial charge on any atom is 0.113 e. The van der Waals surface area contributed by atoms with Crippen LogP contribution in [0, 0.1) is 28.6 Å². The van der Waals surface area contributed by atoms with E-state index in [-0.39, 0.29) is 16.9 Å². The van der Waals surface area contributed by atoms with Crippen LogP contribution in [0.5, 0.6) is 0 Å². The Hall–Kier alpha value is -0.120. The van der Waals surface area contributed by atoms with Crippen LogP contribution >= 0.6 is 0 Å². The zero-order valence-electron chi connectivity index (χ0n) is 11.5. The molecule has 0 bridgehead atoms. The van der Waals surface area contributed by atoms with Crippen LogP contribution in [-0.4, -0.2) is 34.6 Å². The Balaban J connectivity index is 1.69. The SMILES string of the molecule is C[C@@]1(CO)C[C@H]2C[C@@]3(C)[C@@H]([C@H]2C1)[C@@H]1O[C@@H]1[C@@]3(C)O. The van der Waals surface area contributed by atoms with E-state index in [9.17, 15) is 10.2 Å². The van der Waals surface area contributed by atoms with Gasteiger partial charge in [-0.3, -0.25) is 0 Å². The van der Waals surface area contributed by atoms with Crippen LogP contribution in [0.4, 0.5) is 0 Å². The summed E-state index contributed by atoms with van der Waals surface area (Å²) in [4.78, 5) is 0. The zero-order valence-corrected chi connectivity index (χ0v) is 11.5. The quantitative estimate of drug-likeness (QED) is 0.697. The van der Waals surface area contributed by atoms with E-state index in [4.69, 9.17) is 4.74 Å². The highest BCUT2D eigenvalue weighted by molar-refractivity contribution is 5.26. The molecule has 0 aromatic heterocycles. The number of epoxide rings is 1. The van der Waals surface area contributed by atoms with Gasteiger partial charge in [-0.25, -0.2) is 0 Å². The Morgan fingerprint density at radius 3 is 2.56 bits per heavy atom. The van der Waals surface area contributed by atoms with Crippen LogP contribution in [0.1, 0.15) is 40.0 Å². The first kappa shape index (κ1) is 11.7. The van der Waals surface area contributed by atoms with Gasteiger partial charge in [-0.1, -0.05) is 13.8 Å². The summed E-state index contributed by atoms with van der Waals surface area (Å²) in [5, 5.41) is 20.4. The lowest BCUT2D eigenvalue weighted by Gasteiger charge is -2.41. The molecule has 0 unspecified atom stereocenters. The molecule has 1 aliphatic heterocycles. The third-order valence-corrected chi connectivity index (χ3v) is 6.94. The van der Waals surface area contributed by atoms with E-state index in [2.05, 4.69) is 13.8 Å². The van der Waals surface area contributed by atoms with E-state index >= 15 is 0 Å². The van der Waals surface area contributed by atoms with Crippen molar-refractivity contribution >= 4 is 0 Å². The van der Waals surface area contributed by atoms with Gasteiger partial charge in [-0.05, 0) is 49.4 Å². The standard InChI is InChI=1S/C15H24O3/c1-13(7-16)4-8-5-14(2)10(9(8)6-13)11-12(18-11)15(14,3)17/h8-12,16-17H,4-7H2,1-3H3/t8-,9-,10-,11-,12-,13+,14-,15+/m0/s1. The number of ether oxygens (including phenoxy) is 1. The monoisotopic (exact) mass is 252 g/mol. The largest absolute Gasteiger partial charge is 0.396 e. The maximum atomic E-state index is 10.8. The van der Waals surface area contributed by atoms with Gasteiger partial charge in [0.15, 0.2) is 0 Å². The normalized spacial score (nSPS) is 68.8. The number of hydrogen-bond acceptors (Lipinski definition) is 3. The number of hydrogen-bond donors (Lipinski definition) is 2. The van der Waals surface area contributed by atoms with Crippen molar-refractivity contribution in [2.45, 2.75) is 57.8 Å². The van der Waals surface area contributed by atoms with E-state index in [1.54, 1.807) is 0 Å². The summed E-state index contributed by atoms with van der Waals surface area (Å²) in [5.74, 6) is 1.83. The van der Waals surface area contributed by atoms with Crippen molar-refractivity contribution in [3.63, 3.8) is 0 Å². The van der Waals surface area contributed by atoms with E-state index in [1.165, 1.54) is 0 Å². The summed E-state index contributed by atoms with van der Waals surface area (Å²) < 4.78 is 5.74. The van der Waals surface area contributed by atoms with Gasteiger partial charge in [0.1, 0.15) is 6.10 Å². The topological polar surface area (TPSA) is 53.0 Å². The number of fused-ring (bicyclic) bond motifs is 5. The van der Waals surface area contributed by atoms with Crippen molar-refractivity contribution in [3.8, 4) is 0 Å². The van der Waals surface area contributed by atoms with Crippen LogP contribution in [0.25, 0.3) is 0 Å². The van der Waals surface area contributed by atoms with Crippen molar-refractivity contribution in [2.75, 3.05) is 6.61 Å². The van der Waals surface area contributed by atoms with Gasteiger partial charge in [-0.2, -0.15) is 0 Å². The number of aliphatic hydroxyl groups is 2. The molecule has 0 aromatic carbocycles. The van der Waals surface area contributed by atoms with Gasteiger partial charge < -0.3 is 14.9 Å². The molecule has 18 heavy (non-hydrogen) atoms. The summed E-state index contributed by atoms with van der Waals surface area (Å²) in [7, 11) is 0. The predicted molar refractivity (Wildman–Crippen MR) is 66.9 cm³/mol. The highest BCUT2D eigenvalue weighted by atomic mass is 16.6. The third kappa shape index (κ3) is 1.09. The summed E-state index contributed by atoms with van der Waals surface area (Å²) in [6.45, 7) is 6.75. The van der Waals surface area contributed by atoms with Gasteiger partial charge >= 0.3 is 0 Å². The lowest BCUT2D eigenvalue weighted by molar-refractivity contribution is -0.101. The molecule has 2 N–H and O–H groups in total. The molecule has 0 aromatic rings. The minimum atomic E-state index is -0.651. The highest BCUT2D eigenvalue weighted by Crippen LogP contribution is 2.73. The second kappa shape index (κ2) is 2.97. The molecular formula is C15H24O3. The fourth-order valence-corrected chi connectivity index (χ4v) is 5.85. The Morgan fingerprint density at radius 1 is 1.17 bits per heavy atom. The molecular weight excluding hydrogens is 228 g/mol. The molecule has 0 radical (unpaired) electrons. The number of aliphatic hydroxyl groups excluding tert-OH is 1. The Bertz CT molecular complexity index is 407. The summed E-state index contributed by atoms with van der Waals surface area (Å²) >= 11 is 0. The van der Waals surface area contributed by atoms with E-state index in [0.717, 1.165) is 19.3 Å². The van der Waals surface area contributed by atoms with E-state index in [0.29, 0.717) is 30.5 Å². The fourth-order valence-electron chi connectivity index (χ4n) is 5.85. The van der Waals surface area contributed by atoms with Crippen LogP contribution in [-0.2, 0) is 4.74 Å². The molecule has 4 fully saturated rings. The fraction of sp³-hybridized carbons (Fsp3) is 1.00. The van der Waals surface area contributed by atoms with Crippen molar-refractivity contribution in [2.24, 2.45) is 28.6 Å². The van der Waals surface area contributed by atoms with Gasteiger partial charge in [0, 0.05) is 12.0 Å². The first-order chi connectivity index (χ1) is 8.32. The maximum absolute atomic E-state index is 10.8. The molecule has 0 spiro atoms. The van der Waals surface area contributed by atoms with Gasteiger partial charge in [0.05, 0.1) is 11.7 Å². The molecule has 1 heterocycles. The van der Waals surface area contributed by atoms with Crippen molar-refractivity contribution < 1.29 is 14.9 Å². The Kier molecular flexibility index (Phi) is 1.93. The molecule has 4 aliphatic rings. The van der Waals surface area contributed by atoms with Crippen LogP contribution in [0.15, 0.2) is 0 Å². The first-order valence-electron chi connectivity index (χ1n) is 7.31. The minimum Gasteiger partial charge on any atom is -0.396 e. The second-order valence-electron chi connectivity index (χ2n) is 8.12. The molecule has 4 rings (SSSR count). The summed E-state index contributed by atoms with van der Waals surface area (Å²) in [6.07, 6.45) is 3.71. The van der Waals surface area contributed by atoms with E-state index < -0.39 is 5.60 Å². The minimum absolute atomic E-state index is 0.0344. The second-order valence-corrected chi connectivity index (χ2v) is 8.12. The van der Waals surface area contributed by atoms with Crippen LogP contribution < -0.4 is 0 Å². The number of rotatable bonds is 1. The van der Waals surface area contributed by atoms with E-state index in [1.807, 2.05) is 6.92 Å². The summed E-state index contributed by atoms with van der Waals surface area (Å²) in [6, 6.07) is 0. The van der Waals surface area contributed by atoms with Gasteiger partial charge in [0.25, 0.3) is 0 Å². The van der Waals surface area contributed by atoms with Gasteiger partial charge in [0.2, 0.25) is 0 Å². The molecule has 1 saturated heterocycles. The lowest BCUT2D eigenvalue weighted by Crippen LogP contribution is -2.46. The van der Waals surface area contributed by atoms with Crippen molar-refractivity contribution in [1.29, 1.82) is 0 Å². The molecule has 102 valence electrons. The third-order valence-electron chi connectivity index (χ3n) is 6.94. The first-order valence-corrected chi connectivity index (χ1v) is 7.31. The molecule has 3 heteroatoms. The average molecular weight is 252 g/mol. The summed E-state index contributed by atoms with van der Waals surface area (Å²) in [5.41, 5.74) is -0.509. The smallest absolute Gasteiger partial charge is 0.113 e. The molecule has 0 amide bonds. The molecule has 3 aliphatic carbocycles. The Labute approximate surface area is 109 Å². The zero-order chi connectivity index (χ0) is 12.9. The van der Waals surface area contributed by atoms with Crippen molar-refractivity contribution in [1.82, 2.24) is 0 Å². The Morgan fingerprint density at radius 2 is 1.89 bits per heavy atom.